The van der Waals surface area contributed by atoms with Gasteiger partial charge in [-0.25, -0.2) is 4.98 Å². The first-order valence-corrected chi connectivity index (χ1v) is 8.57. The molecule has 3 N–H and O–H groups in total. The fourth-order valence-corrected chi connectivity index (χ4v) is 2.94. The van der Waals surface area contributed by atoms with Crippen LogP contribution >= 0.6 is 11.8 Å². The molecule has 0 bridgehead atoms. The summed E-state index contributed by atoms with van der Waals surface area (Å²) in [5, 5.41) is 1.08. The van der Waals surface area contributed by atoms with E-state index in [-0.39, 0.29) is 5.56 Å². The number of para-hydroxylation sites is 1. The van der Waals surface area contributed by atoms with Crippen LogP contribution in [0.5, 0.6) is 0 Å². The highest BCUT2D eigenvalue weighted by Crippen LogP contribution is 2.15. The van der Waals surface area contributed by atoms with Crippen molar-refractivity contribution < 1.29 is 0 Å². The van der Waals surface area contributed by atoms with Crippen LogP contribution < -0.4 is 11.3 Å². The molecule has 0 saturated carbocycles. The van der Waals surface area contributed by atoms with Crippen molar-refractivity contribution in [2.75, 3.05) is 0 Å². The lowest BCUT2D eigenvalue weighted by atomic mass is 10.1. The topological polar surface area (TPSA) is 84.1 Å². The molecule has 2 aromatic carbocycles. The number of hydrogen-bond acceptors (Lipinski definition) is 4. The van der Waals surface area contributed by atoms with Crippen LogP contribution in [0.1, 0.15) is 17.0 Å². The van der Waals surface area contributed by atoms with E-state index in [4.69, 9.17) is 5.73 Å². The molecule has 1 aromatic heterocycles. The van der Waals surface area contributed by atoms with E-state index < -0.39 is 0 Å². The SMILES string of the molecule is Cc1cccc2c(=O)[nH]c(CSC(N)=NCc3ccccc3)nc12. The molecule has 1 heterocycles. The summed E-state index contributed by atoms with van der Waals surface area (Å²) in [4.78, 5) is 23.8. The smallest absolute Gasteiger partial charge is 0.258 e. The molecule has 0 atom stereocenters. The standard InChI is InChI=1S/C18H18N4OS/c1-12-6-5-9-14-16(12)21-15(22-17(14)23)11-24-18(19)20-10-13-7-3-2-4-8-13/h2-9H,10-11H2,1H3,(H2,19,20)(H,21,22,23). The molecule has 0 saturated heterocycles. The van der Waals surface area contributed by atoms with Gasteiger partial charge in [-0.1, -0.05) is 54.2 Å². The monoisotopic (exact) mass is 338 g/mol. The molecule has 0 fully saturated rings. The Kier molecular flexibility index (Phi) is 4.96. The lowest BCUT2D eigenvalue weighted by Gasteiger charge is -2.05. The van der Waals surface area contributed by atoms with Crippen molar-refractivity contribution in [3.63, 3.8) is 0 Å². The largest absolute Gasteiger partial charge is 0.379 e. The number of thioether (sulfide) groups is 1. The van der Waals surface area contributed by atoms with E-state index in [9.17, 15) is 4.79 Å². The number of nitrogens with one attached hydrogen (secondary N) is 1. The number of H-pyrrole nitrogens is 1. The molecule has 5 nitrogen and oxygen atoms in total. The van der Waals surface area contributed by atoms with Crippen molar-refractivity contribution >= 4 is 27.8 Å². The fourth-order valence-electron chi connectivity index (χ4n) is 2.36. The molecule has 0 spiro atoms. The van der Waals surface area contributed by atoms with Crippen LogP contribution in [-0.4, -0.2) is 15.1 Å². The number of aliphatic imine (C=N–C) groups is 1. The Bertz CT molecular complexity index is 935. The van der Waals surface area contributed by atoms with Crippen molar-refractivity contribution in [2.45, 2.75) is 19.2 Å². The summed E-state index contributed by atoms with van der Waals surface area (Å²) < 4.78 is 0. The first-order chi connectivity index (χ1) is 11.6. The van der Waals surface area contributed by atoms with Gasteiger partial charge in [-0.2, -0.15) is 0 Å². The second-order valence-corrected chi connectivity index (χ2v) is 6.41. The number of aromatic nitrogens is 2. The zero-order valence-corrected chi connectivity index (χ0v) is 14.1. The number of hydrogen-bond donors (Lipinski definition) is 2. The van der Waals surface area contributed by atoms with Crippen molar-refractivity contribution in [3.05, 3.63) is 75.8 Å². The molecule has 0 unspecified atom stereocenters. The summed E-state index contributed by atoms with van der Waals surface area (Å²) in [5.74, 6) is 1.08. The van der Waals surface area contributed by atoms with Gasteiger partial charge < -0.3 is 10.7 Å². The van der Waals surface area contributed by atoms with Gasteiger partial charge in [0.25, 0.3) is 5.56 Å². The van der Waals surface area contributed by atoms with Crippen LogP contribution in [0.2, 0.25) is 0 Å². The molecular weight excluding hydrogens is 320 g/mol. The third-order valence-corrected chi connectivity index (χ3v) is 4.45. The average molecular weight is 338 g/mol. The summed E-state index contributed by atoms with van der Waals surface area (Å²) in [5.41, 5.74) is 8.64. The van der Waals surface area contributed by atoms with Gasteiger partial charge in [0.05, 0.1) is 23.2 Å². The minimum absolute atomic E-state index is 0.126. The number of aryl methyl sites for hydroxylation is 1. The third-order valence-electron chi connectivity index (χ3n) is 3.60. The van der Waals surface area contributed by atoms with Gasteiger partial charge in [0.2, 0.25) is 0 Å². The number of fused-ring (bicyclic) bond motifs is 1. The molecule has 0 amide bonds. The van der Waals surface area contributed by atoms with Crippen molar-refractivity contribution in [2.24, 2.45) is 10.7 Å². The highest BCUT2D eigenvalue weighted by molar-refractivity contribution is 8.13. The zero-order valence-electron chi connectivity index (χ0n) is 13.3. The first-order valence-electron chi connectivity index (χ1n) is 7.58. The molecule has 3 aromatic rings. The lowest BCUT2D eigenvalue weighted by molar-refractivity contribution is 1.04. The van der Waals surface area contributed by atoms with E-state index in [1.807, 2.05) is 49.4 Å². The summed E-state index contributed by atoms with van der Waals surface area (Å²) in [6.07, 6.45) is 0. The predicted octanol–water partition coefficient (Wildman–Crippen LogP) is 2.98. The van der Waals surface area contributed by atoms with Gasteiger partial charge in [-0.3, -0.25) is 9.79 Å². The first kappa shape index (κ1) is 16.3. The average Bonchev–Trinajstić information content (AvgIpc) is 2.60. The Morgan fingerprint density at radius 2 is 2.00 bits per heavy atom. The fraction of sp³-hybridized carbons (Fsp3) is 0.167. The number of nitrogens with zero attached hydrogens (tertiary/aromatic N) is 2. The molecule has 0 aliphatic heterocycles. The Morgan fingerprint density at radius 3 is 2.79 bits per heavy atom. The summed E-state index contributed by atoms with van der Waals surface area (Å²) in [6, 6.07) is 15.5. The van der Waals surface area contributed by atoms with E-state index in [1.54, 1.807) is 6.07 Å². The van der Waals surface area contributed by atoms with Crippen LogP contribution in [0.25, 0.3) is 10.9 Å². The van der Waals surface area contributed by atoms with Crippen molar-refractivity contribution in [1.29, 1.82) is 0 Å². The molecule has 0 aliphatic carbocycles. The molecular formula is C18H18N4OS. The number of aromatic amines is 1. The van der Waals surface area contributed by atoms with E-state index in [2.05, 4.69) is 15.0 Å². The van der Waals surface area contributed by atoms with Gasteiger partial charge in [0.15, 0.2) is 5.17 Å². The van der Waals surface area contributed by atoms with Gasteiger partial charge in [-0.15, -0.1) is 0 Å². The Balaban J connectivity index is 1.71. The minimum Gasteiger partial charge on any atom is -0.379 e. The number of amidine groups is 1. The molecule has 3 rings (SSSR count). The van der Waals surface area contributed by atoms with Crippen LogP contribution in [0.3, 0.4) is 0 Å². The summed E-state index contributed by atoms with van der Waals surface area (Å²) in [6.45, 7) is 2.49. The Labute approximate surface area is 144 Å². The van der Waals surface area contributed by atoms with Crippen molar-refractivity contribution in [1.82, 2.24) is 9.97 Å². The zero-order chi connectivity index (χ0) is 16.9. The van der Waals surface area contributed by atoms with Gasteiger partial charge >= 0.3 is 0 Å². The third kappa shape index (κ3) is 3.83. The lowest BCUT2D eigenvalue weighted by Crippen LogP contribution is -2.13. The van der Waals surface area contributed by atoms with Gasteiger partial charge in [0.1, 0.15) is 5.82 Å². The summed E-state index contributed by atoms with van der Waals surface area (Å²) in [7, 11) is 0. The number of benzene rings is 2. The number of nitrogens with two attached hydrogens (primary N) is 1. The van der Waals surface area contributed by atoms with Crippen LogP contribution in [0.15, 0.2) is 58.3 Å². The summed E-state index contributed by atoms with van der Waals surface area (Å²) >= 11 is 1.37. The predicted molar refractivity (Wildman–Crippen MR) is 100 cm³/mol. The second kappa shape index (κ2) is 7.31. The quantitative estimate of drug-likeness (QED) is 0.566. The molecule has 122 valence electrons. The van der Waals surface area contributed by atoms with E-state index in [0.29, 0.717) is 28.7 Å². The maximum absolute atomic E-state index is 12.1. The second-order valence-electron chi connectivity index (χ2n) is 5.41. The minimum atomic E-state index is -0.126. The Hall–Kier alpha value is -2.60. The van der Waals surface area contributed by atoms with Crippen LogP contribution in [0, 0.1) is 6.92 Å². The van der Waals surface area contributed by atoms with E-state index >= 15 is 0 Å². The maximum Gasteiger partial charge on any atom is 0.258 e. The highest BCUT2D eigenvalue weighted by atomic mass is 32.2. The molecule has 0 aliphatic rings. The van der Waals surface area contributed by atoms with Crippen molar-refractivity contribution in [3.8, 4) is 0 Å². The highest BCUT2D eigenvalue weighted by Gasteiger charge is 2.06. The Morgan fingerprint density at radius 1 is 1.21 bits per heavy atom. The van der Waals surface area contributed by atoms with E-state index in [0.717, 1.165) is 16.6 Å². The molecule has 6 heteroatoms. The normalized spacial score (nSPS) is 11.8. The van der Waals surface area contributed by atoms with Crippen LogP contribution in [-0.2, 0) is 12.3 Å². The number of rotatable bonds is 4. The van der Waals surface area contributed by atoms with Gasteiger partial charge in [0, 0.05) is 0 Å². The molecule has 0 radical (unpaired) electrons. The maximum atomic E-state index is 12.1. The van der Waals surface area contributed by atoms with Crippen LogP contribution in [0.4, 0.5) is 0 Å². The van der Waals surface area contributed by atoms with E-state index in [1.165, 1.54) is 11.8 Å². The van der Waals surface area contributed by atoms with Gasteiger partial charge in [-0.05, 0) is 24.1 Å². The molecule has 24 heavy (non-hydrogen) atoms.